The van der Waals surface area contributed by atoms with Crippen LogP contribution >= 0.6 is 0 Å². The maximum atomic E-state index is 4.49. The SMILES string of the molecule is CCNC(c1ccnc(C)c1)c1nccn1CC. The summed E-state index contributed by atoms with van der Waals surface area (Å²) < 4.78 is 2.17. The second-order valence-corrected chi connectivity index (χ2v) is 4.29. The molecule has 0 amide bonds. The Bertz CT molecular complexity index is 504. The lowest BCUT2D eigenvalue weighted by Gasteiger charge is -2.19. The van der Waals surface area contributed by atoms with Crippen molar-refractivity contribution in [2.45, 2.75) is 33.4 Å². The summed E-state index contributed by atoms with van der Waals surface area (Å²) >= 11 is 0. The zero-order valence-corrected chi connectivity index (χ0v) is 11.2. The minimum Gasteiger partial charge on any atom is -0.334 e. The highest BCUT2D eigenvalue weighted by molar-refractivity contribution is 5.25. The summed E-state index contributed by atoms with van der Waals surface area (Å²) in [5.74, 6) is 1.06. The van der Waals surface area contributed by atoms with Gasteiger partial charge in [0.1, 0.15) is 5.82 Å². The van der Waals surface area contributed by atoms with Crippen molar-refractivity contribution < 1.29 is 0 Å². The fraction of sp³-hybridized carbons (Fsp3) is 0.429. The first-order valence-corrected chi connectivity index (χ1v) is 6.43. The molecule has 2 heterocycles. The largest absolute Gasteiger partial charge is 0.334 e. The highest BCUT2D eigenvalue weighted by Gasteiger charge is 2.17. The van der Waals surface area contributed by atoms with Crippen molar-refractivity contribution in [3.05, 3.63) is 47.8 Å². The predicted octanol–water partition coefficient (Wildman–Crippen LogP) is 2.31. The third kappa shape index (κ3) is 2.59. The van der Waals surface area contributed by atoms with Gasteiger partial charge in [0.25, 0.3) is 0 Å². The van der Waals surface area contributed by atoms with Gasteiger partial charge >= 0.3 is 0 Å². The van der Waals surface area contributed by atoms with Gasteiger partial charge in [0, 0.05) is 30.8 Å². The molecule has 0 aliphatic heterocycles. The van der Waals surface area contributed by atoms with E-state index in [9.17, 15) is 0 Å². The standard InChI is InChI=1S/C14H20N4/c1-4-15-13(12-6-7-16-11(3)10-12)14-17-8-9-18(14)5-2/h6-10,13,15H,4-5H2,1-3H3. The quantitative estimate of drug-likeness (QED) is 0.877. The lowest BCUT2D eigenvalue weighted by molar-refractivity contribution is 0.558. The summed E-state index contributed by atoms with van der Waals surface area (Å²) in [6, 6.07) is 4.29. The molecule has 1 unspecified atom stereocenters. The van der Waals surface area contributed by atoms with Crippen LogP contribution in [0.1, 0.15) is 37.0 Å². The summed E-state index contributed by atoms with van der Waals surface area (Å²) in [5, 5.41) is 3.49. The highest BCUT2D eigenvalue weighted by atomic mass is 15.1. The molecule has 0 saturated carbocycles. The van der Waals surface area contributed by atoms with Gasteiger partial charge in [-0.2, -0.15) is 0 Å². The lowest BCUT2D eigenvalue weighted by Crippen LogP contribution is -2.25. The number of rotatable bonds is 5. The Morgan fingerprint density at radius 3 is 2.78 bits per heavy atom. The monoisotopic (exact) mass is 244 g/mol. The first-order valence-electron chi connectivity index (χ1n) is 6.43. The summed E-state index contributed by atoms with van der Waals surface area (Å²) in [6.07, 6.45) is 5.74. The average molecular weight is 244 g/mol. The maximum Gasteiger partial charge on any atom is 0.130 e. The normalized spacial score (nSPS) is 12.6. The molecule has 0 bridgehead atoms. The van der Waals surface area contributed by atoms with Gasteiger partial charge in [-0.15, -0.1) is 0 Å². The molecule has 2 rings (SSSR count). The number of nitrogens with zero attached hydrogens (tertiary/aromatic N) is 3. The van der Waals surface area contributed by atoms with E-state index >= 15 is 0 Å². The van der Waals surface area contributed by atoms with Crippen LogP contribution in [0.4, 0.5) is 0 Å². The van der Waals surface area contributed by atoms with E-state index in [-0.39, 0.29) is 6.04 Å². The van der Waals surface area contributed by atoms with E-state index in [1.807, 2.05) is 25.5 Å². The fourth-order valence-corrected chi connectivity index (χ4v) is 2.16. The number of nitrogens with one attached hydrogen (secondary N) is 1. The molecule has 0 fully saturated rings. The minimum atomic E-state index is 0.131. The second kappa shape index (κ2) is 5.78. The number of hydrogen-bond acceptors (Lipinski definition) is 3. The average Bonchev–Trinajstić information content (AvgIpc) is 2.84. The Morgan fingerprint density at radius 2 is 2.11 bits per heavy atom. The first-order chi connectivity index (χ1) is 8.76. The third-order valence-corrected chi connectivity index (χ3v) is 3.01. The lowest BCUT2D eigenvalue weighted by atomic mass is 10.1. The van der Waals surface area contributed by atoms with Gasteiger partial charge in [0.15, 0.2) is 0 Å². The van der Waals surface area contributed by atoms with Crippen LogP contribution in [0.15, 0.2) is 30.7 Å². The number of aryl methyl sites for hydroxylation is 2. The van der Waals surface area contributed by atoms with E-state index in [0.29, 0.717) is 0 Å². The first kappa shape index (κ1) is 12.8. The number of pyridine rings is 1. The van der Waals surface area contributed by atoms with Gasteiger partial charge in [-0.05, 0) is 38.1 Å². The van der Waals surface area contributed by atoms with Crippen molar-refractivity contribution in [1.29, 1.82) is 0 Å². The van der Waals surface area contributed by atoms with Gasteiger partial charge in [-0.25, -0.2) is 4.98 Å². The van der Waals surface area contributed by atoms with Crippen molar-refractivity contribution in [2.24, 2.45) is 0 Å². The molecule has 1 N–H and O–H groups in total. The summed E-state index contributed by atoms with van der Waals surface area (Å²) in [5.41, 5.74) is 2.25. The number of imidazole rings is 1. The van der Waals surface area contributed by atoms with Crippen LogP contribution in [0, 0.1) is 6.92 Å². The Hall–Kier alpha value is -1.68. The number of aromatic nitrogens is 3. The second-order valence-electron chi connectivity index (χ2n) is 4.29. The van der Waals surface area contributed by atoms with E-state index in [1.165, 1.54) is 5.56 Å². The van der Waals surface area contributed by atoms with E-state index in [2.05, 4.69) is 45.8 Å². The molecule has 0 aromatic carbocycles. The molecule has 0 aliphatic carbocycles. The molecule has 2 aromatic rings. The van der Waals surface area contributed by atoms with E-state index < -0.39 is 0 Å². The maximum absolute atomic E-state index is 4.49. The minimum absolute atomic E-state index is 0.131. The van der Waals surface area contributed by atoms with Crippen LogP contribution in [0.25, 0.3) is 0 Å². The van der Waals surface area contributed by atoms with Crippen molar-refractivity contribution in [1.82, 2.24) is 19.9 Å². The van der Waals surface area contributed by atoms with Crippen LogP contribution in [0.2, 0.25) is 0 Å². The van der Waals surface area contributed by atoms with Gasteiger partial charge in [-0.1, -0.05) is 6.92 Å². The van der Waals surface area contributed by atoms with Crippen LogP contribution in [-0.4, -0.2) is 21.1 Å². The summed E-state index contributed by atoms with van der Waals surface area (Å²) in [4.78, 5) is 8.74. The van der Waals surface area contributed by atoms with Gasteiger partial charge in [-0.3, -0.25) is 4.98 Å². The molecule has 96 valence electrons. The Morgan fingerprint density at radius 1 is 1.28 bits per heavy atom. The molecule has 4 nitrogen and oxygen atoms in total. The molecule has 0 saturated heterocycles. The zero-order chi connectivity index (χ0) is 13.0. The molecular formula is C14H20N4. The molecule has 1 atom stereocenters. The van der Waals surface area contributed by atoms with E-state index in [0.717, 1.165) is 24.6 Å². The molecule has 18 heavy (non-hydrogen) atoms. The molecular weight excluding hydrogens is 224 g/mol. The molecule has 0 radical (unpaired) electrons. The third-order valence-electron chi connectivity index (χ3n) is 3.01. The molecule has 0 aliphatic rings. The topological polar surface area (TPSA) is 42.7 Å². The van der Waals surface area contributed by atoms with Gasteiger partial charge in [0.2, 0.25) is 0 Å². The van der Waals surface area contributed by atoms with Gasteiger partial charge in [0.05, 0.1) is 6.04 Å². The van der Waals surface area contributed by atoms with Crippen LogP contribution in [0.5, 0.6) is 0 Å². The molecule has 4 heteroatoms. The predicted molar refractivity (Wildman–Crippen MR) is 72.4 cm³/mol. The van der Waals surface area contributed by atoms with Crippen LogP contribution in [-0.2, 0) is 6.54 Å². The van der Waals surface area contributed by atoms with Crippen molar-refractivity contribution in [3.63, 3.8) is 0 Å². The van der Waals surface area contributed by atoms with Crippen LogP contribution < -0.4 is 5.32 Å². The fourth-order valence-electron chi connectivity index (χ4n) is 2.16. The van der Waals surface area contributed by atoms with Crippen LogP contribution in [0.3, 0.4) is 0 Å². The highest BCUT2D eigenvalue weighted by Crippen LogP contribution is 2.20. The van der Waals surface area contributed by atoms with E-state index in [4.69, 9.17) is 0 Å². The van der Waals surface area contributed by atoms with Crippen molar-refractivity contribution >= 4 is 0 Å². The van der Waals surface area contributed by atoms with Crippen molar-refractivity contribution in [3.8, 4) is 0 Å². The Kier molecular flexibility index (Phi) is 4.10. The smallest absolute Gasteiger partial charge is 0.130 e. The Labute approximate surface area is 108 Å². The summed E-state index contributed by atoms with van der Waals surface area (Å²) in [6.45, 7) is 8.09. The molecule has 0 spiro atoms. The van der Waals surface area contributed by atoms with E-state index in [1.54, 1.807) is 0 Å². The number of hydrogen-bond donors (Lipinski definition) is 1. The van der Waals surface area contributed by atoms with Gasteiger partial charge < -0.3 is 9.88 Å². The zero-order valence-electron chi connectivity index (χ0n) is 11.2. The van der Waals surface area contributed by atoms with Crippen molar-refractivity contribution in [2.75, 3.05) is 6.54 Å². The summed E-state index contributed by atoms with van der Waals surface area (Å²) in [7, 11) is 0. The Balaban J connectivity index is 2.39. The molecule has 2 aromatic heterocycles.